The van der Waals surface area contributed by atoms with Crippen LogP contribution in [0.2, 0.25) is 0 Å². The molecule has 5 nitrogen and oxygen atoms in total. The number of rotatable bonds is 0. The molecule has 0 saturated carbocycles. The zero-order chi connectivity index (χ0) is 7.21. The van der Waals surface area contributed by atoms with Gasteiger partial charge in [-0.3, -0.25) is 8.42 Å². The maximum atomic E-state index is 8.52. The molecule has 10 heteroatoms. The van der Waals surface area contributed by atoms with Gasteiger partial charge in [0, 0.05) is 10.4 Å². The Bertz CT molecular complexity index is 114. The van der Waals surface area contributed by atoms with Gasteiger partial charge in [0.05, 0.1) is 23.7 Å². The Kier molecular flexibility index (Phi) is 33.2. The van der Waals surface area contributed by atoms with Crippen LogP contribution in [0.15, 0.2) is 0 Å². The average molecular weight is 529 g/mol. The Morgan fingerprint density at radius 3 is 1.20 bits per heavy atom. The number of halogens is 2. The van der Waals surface area contributed by atoms with E-state index in [4.69, 9.17) is 17.5 Å². The molecule has 0 heterocycles. The zero-order valence-corrected chi connectivity index (χ0v) is 14.6. The van der Waals surface area contributed by atoms with Crippen molar-refractivity contribution < 1.29 is 21.4 Å². The second kappa shape index (κ2) is 14.4. The molecule has 0 aliphatic carbocycles. The number of hydrogen-bond donors (Lipinski definition) is 0. The van der Waals surface area contributed by atoms with Gasteiger partial charge >= 0.3 is 75.1 Å². The van der Waals surface area contributed by atoms with Crippen molar-refractivity contribution in [2.24, 2.45) is 0 Å². The van der Waals surface area contributed by atoms with E-state index >= 15 is 0 Å². The maximum Gasteiger partial charge on any atom is 3.00 e. The smallest absolute Gasteiger partial charge is 0.759 e. The Morgan fingerprint density at radius 2 is 1.20 bits per heavy atom. The van der Waals surface area contributed by atoms with Gasteiger partial charge in [-0.25, -0.2) is 0 Å². The van der Waals surface area contributed by atoms with Crippen molar-refractivity contribution >= 4 is 109 Å². The third kappa shape index (κ3) is 129. The predicted molar refractivity (Wildman–Crippen MR) is 34.8 cm³/mol. The van der Waals surface area contributed by atoms with Crippen LogP contribution in [0.1, 0.15) is 0 Å². The Hall–Kier alpha value is 2.86. The van der Waals surface area contributed by atoms with Crippen molar-refractivity contribution in [2.45, 2.75) is 0 Å². The van der Waals surface area contributed by atoms with Crippen LogP contribution in [-0.2, 0) is 14.2 Å². The fourth-order valence-corrected chi connectivity index (χ4v) is 0. The molecular weight excluding hydrogens is 529 g/mol. The molecule has 0 fully saturated rings. The summed E-state index contributed by atoms with van der Waals surface area (Å²) >= 11 is 8.53. The maximum absolute atomic E-state index is 8.52. The van der Waals surface area contributed by atoms with Crippen molar-refractivity contribution in [3.05, 3.63) is 0 Å². The molecule has 0 saturated heterocycles. The van der Waals surface area contributed by atoms with E-state index < -0.39 is 10.4 Å². The van der Waals surface area contributed by atoms with Gasteiger partial charge < -0.3 is 9.11 Å². The van der Waals surface area contributed by atoms with E-state index in [1.165, 1.54) is 0 Å². The van der Waals surface area contributed by atoms with Gasteiger partial charge in [0.25, 0.3) is 0 Å². The van der Waals surface area contributed by atoms with Gasteiger partial charge in [-0.1, -0.05) is 0 Å². The van der Waals surface area contributed by atoms with Gasteiger partial charge in [0.1, 0.15) is 0 Å². The molecule has 0 aliphatic heterocycles. The molecule has 0 unspecified atom stereocenters. The second-order valence-electron chi connectivity index (χ2n) is 0.467. The van der Waals surface area contributed by atoms with Crippen LogP contribution in [0, 0.1) is 0 Å². The first-order valence-corrected chi connectivity index (χ1v) is 2.93. The summed E-state index contributed by atoms with van der Waals surface area (Å²) in [5.74, 6) is 0. The minimum absolute atomic E-state index is 0. The molecule has 0 atom stereocenters. The van der Waals surface area contributed by atoms with Crippen LogP contribution in [-0.4, -0.2) is 92.6 Å². The summed E-state index contributed by atoms with van der Waals surface area (Å²) in [4.78, 5) is 0. The second-order valence-corrected chi connectivity index (χ2v) is 1.75. The molecule has 0 amide bonds. The summed E-state index contributed by atoms with van der Waals surface area (Å²) < 4.78 is 37.3. The number of hydrogen-bond acceptors (Lipinski definition) is 5. The van der Waals surface area contributed by atoms with Crippen molar-refractivity contribution in [3.63, 3.8) is 0 Å². The standard InChI is InChI=1S/Ba.Bi.Cl2O.H2O4S/c;;1-3-2;1-5(2,3)4/h;;;(H2,1,2,3,4)/q+2;+3;;/p-2. The Balaban J connectivity index is -0.0000000326. The first-order valence-electron chi connectivity index (χ1n) is 0.975. The molecule has 0 aromatic carbocycles. The quantitative estimate of drug-likeness (QED) is 0.233. The van der Waals surface area contributed by atoms with Crippen LogP contribution in [0.3, 0.4) is 0 Å². The van der Waals surface area contributed by atoms with Crippen LogP contribution >= 0.6 is 23.7 Å². The normalized spacial score (nSPS) is 7.60. The molecule has 0 spiro atoms. The molecule has 0 aromatic heterocycles. The minimum atomic E-state index is -5.17. The molecule has 0 bridgehead atoms. The molecule has 0 aliphatic rings. The molecule has 2 radical (unpaired) electrons. The van der Waals surface area contributed by atoms with E-state index in [-0.39, 0.29) is 75.1 Å². The average Bonchev–Trinajstić information content (AvgIpc) is 1.27. The van der Waals surface area contributed by atoms with E-state index in [1.54, 1.807) is 0 Å². The van der Waals surface area contributed by atoms with Crippen molar-refractivity contribution in [2.75, 3.05) is 0 Å². The zero-order valence-electron chi connectivity index (χ0n) is 4.36. The van der Waals surface area contributed by atoms with E-state index in [0.29, 0.717) is 0 Å². The molecular formula is BaBiCl2O5S+3. The fourth-order valence-electron chi connectivity index (χ4n) is 0. The third-order valence-corrected chi connectivity index (χ3v) is 0. The van der Waals surface area contributed by atoms with Crippen LogP contribution < -0.4 is 0 Å². The van der Waals surface area contributed by atoms with Gasteiger partial charge in [-0.15, -0.1) is 0 Å². The van der Waals surface area contributed by atoms with Gasteiger partial charge in [0.15, 0.2) is 0 Å². The first kappa shape index (κ1) is 23.0. The van der Waals surface area contributed by atoms with E-state index in [1.807, 2.05) is 0 Å². The molecule has 0 N–H and O–H groups in total. The first-order chi connectivity index (χ1) is 3.41. The largest absolute Gasteiger partial charge is 3.00 e. The molecule has 0 aromatic rings. The van der Waals surface area contributed by atoms with Gasteiger partial charge in [0.2, 0.25) is 0 Å². The van der Waals surface area contributed by atoms with E-state index in [2.05, 4.69) is 27.6 Å². The summed E-state index contributed by atoms with van der Waals surface area (Å²) in [7, 11) is -5.17. The summed E-state index contributed by atoms with van der Waals surface area (Å²) in [5.41, 5.74) is 0. The summed E-state index contributed by atoms with van der Waals surface area (Å²) in [6, 6.07) is 0. The summed E-state index contributed by atoms with van der Waals surface area (Å²) in [5, 5.41) is 0. The molecule has 10 heavy (non-hydrogen) atoms. The van der Waals surface area contributed by atoms with E-state index in [0.717, 1.165) is 0 Å². The molecule has 0 rings (SSSR count). The Labute approximate surface area is 128 Å². The van der Waals surface area contributed by atoms with E-state index in [9.17, 15) is 0 Å². The van der Waals surface area contributed by atoms with Gasteiger partial charge in [-0.05, 0) is 0 Å². The molecule has 54 valence electrons. The Morgan fingerprint density at radius 1 is 1.20 bits per heavy atom. The van der Waals surface area contributed by atoms with Crippen molar-refractivity contribution in [1.82, 2.24) is 0 Å². The van der Waals surface area contributed by atoms with Crippen LogP contribution in [0.25, 0.3) is 0 Å². The topological polar surface area (TPSA) is 89.5 Å². The van der Waals surface area contributed by atoms with Crippen molar-refractivity contribution in [3.8, 4) is 0 Å². The predicted octanol–water partition coefficient (Wildman–Crippen LogP) is -0.789. The monoisotopic (exact) mass is 529 g/mol. The van der Waals surface area contributed by atoms with Crippen molar-refractivity contribution in [1.29, 1.82) is 0 Å². The SMILES string of the molecule is ClOCl.O=S(=O)([O-])[O-].[Ba+2].[Bi+3]. The summed E-state index contributed by atoms with van der Waals surface area (Å²) in [6.45, 7) is 0. The third-order valence-electron chi connectivity index (χ3n) is 0. The van der Waals surface area contributed by atoms with Crippen LogP contribution in [0.5, 0.6) is 0 Å². The van der Waals surface area contributed by atoms with Gasteiger partial charge in [-0.2, -0.15) is 3.84 Å². The minimum Gasteiger partial charge on any atom is -0.759 e. The fraction of sp³-hybridized carbons (Fsp3) is 0. The van der Waals surface area contributed by atoms with Crippen LogP contribution in [0.4, 0.5) is 0 Å². The summed E-state index contributed by atoms with van der Waals surface area (Å²) in [6.07, 6.45) is 0.